The first kappa shape index (κ1) is 22.0. The van der Waals surface area contributed by atoms with Gasteiger partial charge in [0.2, 0.25) is 0 Å². The lowest BCUT2D eigenvalue weighted by Gasteiger charge is -2.28. The number of anilines is 1. The van der Waals surface area contributed by atoms with Crippen LogP contribution in [0, 0.1) is 30.6 Å². The largest absolute Gasteiger partial charge is 0.455 e. The van der Waals surface area contributed by atoms with Gasteiger partial charge >= 0.3 is 5.97 Å². The van der Waals surface area contributed by atoms with Gasteiger partial charge in [-0.15, -0.1) is 0 Å². The molecular weight excluding hydrogens is 482 g/mol. The Hall–Kier alpha value is -2.18. The van der Waals surface area contributed by atoms with Crippen molar-refractivity contribution in [2.45, 2.75) is 26.2 Å². The highest BCUT2D eigenvalue weighted by Gasteiger charge is 2.54. The number of hydrogen-bond acceptors (Lipinski definition) is 4. The second-order valence-electron chi connectivity index (χ2n) is 8.35. The minimum atomic E-state index is -0.483. The van der Waals surface area contributed by atoms with E-state index in [4.69, 9.17) is 16.3 Å². The first-order valence-corrected chi connectivity index (χ1v) is 11.5. The van der Waals surface area contributed by atoms with Gasteiger partial charge in [0, 0.05) is 21.6 Å². The topological polar surface area (TPSA) is 72.5 Å². The van der Waals surface area contributed by atoms with Gasteiger partial charge in [-0.05, 0) is 71.6 Å². The van der Waals surface area contributed by atoms with Gasteiger partial charge in [0.15, 0.2) is 12.4 Å². The first-order chi connectivity index (χ1) is 14.8. The fourth-order valence-corrected chi connectivity index (χ4v) is 5.62. The maximum atomic E-state index is 13.1. The number of rotatable bonds is 6. The van der Waals surface area contributed by atoms with E-state index in [9.17, 15) is 14.4 Å². The molecule has 0 aliphatic heterocycles. The molecule has 2 fully saturated rings. The summed E-state index contributed by atoms with van der Waals surface area (Å²) in [6, 6.07) is 12.5. The number of ether oxygens (including phenoxy) is 1. The van der Waals surface area contributed by atoms with Crippen molar-refractivity contribution in [1.29, 1.82) is 0 Å². The number of aryl methyl sites for hydroxylation is 1. The molecule has 0 aromatic heterocycles. The molecule has 0 spiro atoms. The van der Waals surface area contributed by atoms with E-state index in [1.54, 1.807) is 24.3 Å². The van der Waals surface area contributed by atoms with E-state index in [1.807, 2.05) is 25.1 Å². The fourth-order valence-electron chi connectivity index (χ4n) is 5.00. The Morgan fingerprint density at radius 1 is 1.10 bits per heavy atom. The zero-order chi connectivity index (χ0) is 22.1. The van der Waals surface area contributed by atoms with Crippen LogP contribution in [0.15, 0.2) is 46.9 Å². The Bertz CT molecular complexity index is 1030. The van der Waals surface area contributed by atoms with Crippen LogP contribution >= 0.6 is 27.5 Å². The van der Waals surface area contributed by atoms with Crippen molar-refractivity contribution < 1.29 is 19.1 Å². The quantitative estimate of drug-likeness (QED) is 0.420. The molecule has 2 aromatic rings. The highest BCUT2D eigenvalue weighted by atomic mass is 79.9. The van der Waals surface area contributed by atoms with E-state index in [1.165, 1.54) is 0 Å². The number of nitrogens with one attached hydrogen (secondary N) is 1. The summed E-state index contributed by atoms with van der Waals surface area (Å²) < 4.78 is 6.11. The number of esters is 1. The molecular formula is C24H23BrClNO4. The SMILES string of the molecule is Cc1cc(Br)c(Cl)cc1NC(=O)COC(=O)[C@H]1[C@H]2CC[C@@H](C2)[C@@H]1C(=O)c1ccccc1. The summed E-state index contributed by atoms with van der Waals surface area (Å²) >= 11 is 9.44. The molecule has 4 atom stereocenters. The van der Waals surface area contributed by atoms with Gasteiger partial charge in [-0.1, -0.05) is 41.9 Å². The molecule has 7 heteroatoms. The standard InChI is InChI=1S/C24H23BrClNO4/c1-13-9-17(25)18(26)11-19(13)27-20(28)12-31-24(30)22-16-8-7-15(10-16)21(22)23(29)14-5-3-2-4-6-14/h2-6,9,11,15-16,21-22H,7-8,10,12H2,1H3,(H,27,28)/t15-,16-,21-,22-/m0/s1. The lowest BCUT2D eigenvalue weighted by atomic mass is 9.75. The molecule has 1 N–H and O–H groups in total. The van der Waals surface area contributed by atoms with Gasteiger partial charge in [-0.3, -0.25) is 14.4 Å². The third-order valence-electron chi connectivity index (χ3n) is 6.44. The zero-order valence-corrected chi connectivity index (χ0v) is 19.4. The first-order valence-electron chi connectivity index (χ1n) is 10.4. The average Bonchev–Trinajstić information content (AvgIpc) is 3.38. The van der Waals surface area contributed by atoms with E-state index in [0.29, 0.717) is 16.3 Å². The molecule has 5 nitrogen and oxygen atoms in total. The molecule has 0 saturated heterocycles. The molecule has 2 aromatic carbocycles. The predicted molar refractivity (Wildman–Crippen MR) is 122 cm³/mol. The molecule has 1 amide bonds. The summed E-state index contributed by atoms with van der Waals surface area (Å²) in [5.41, 5.74) is 2.02. The molecule has 31 heavy (non-hydrogen) atoms. The monoisotopic (exact) mass is 503 g/mol. The van der Waals surface area contributed by atoms with Crippen LogP contribution in [0.3, 0.4) is 0 Å². The van der Waals surface area contributed by atoms with Crippen molar-refractivity contribution in [2.75, 3.05) is 11.9 Å². The highest BCUT2D eigenvalue weighted by molar-refractivity contribution is 9.10. The third kappa shape index (κ3) is 4.55. The Morgan fingerprint density at radius 3 is 2.48 bits per heavy atom. The van der Waals surface area contributed by atoms with E-state index in [-0.39, 0.29) is 23.5 Å². The van der Waals surface area contributed by atoms with E-state index in [0.717, 1.165) is 29.3 Å². The molecule has 162 valence electrons. The van der Waals surface area contributed by atoms with Crippen molar-refractivity contribution in [2.24, 2.45) is 23.7 Å². The molecule has 2 aliphatic rings. The van der Waals surface area contributed by atoms with Gasteiger partial charge in [0.05, 0.1) is 10.9 Å². The summed E-state index contributed by atoms with van der Waals surface area (Å²) in [5.74, 6) is -1.40. The Balaban J connectivity index is 1.41. The maximum absolute atomic E-state index is 13.1. The number of benzene rings is 2. The number of amides is 1. The minimum absolute atomic E-state index is 0.000620. The number of carbonyl (C=O) groups excluding carboxylic acids is 3. The van der Waals surface area contributed by atoms with Crippen molar-refractivity contribution in [3.8, 4) is 0 Å². The van der Waals surface area contributed by atoms with Crippen LogP contribution in [0.2, 0.25) is 5.02 Å². The van der Waals surface area contributed by atoms with Crippen LogP contribution < -0.4 is 5.32 Å². The molecule has 2 bridgehead atoms. The molecule has 0 heterocycles. The van der Waals surface area contributed by atoms with Gasteiger partial charge < -0.3 is 10.1 Å². The number of carbonyl (C=O) groups is 3. The summed E-state index contributed by atoms with van der Waals surface area (Å²) in [6.07, 6.45) is 2.75. The van der Waals surface area contributed by atoms with E-state index in [2.05, 4.69) is 21.2 Å². The summed E-state index contributed by atoms with van der Waals surface area (Å²) in [6.45, 7) is 1.45. The Kier molecular flexibility index (Phi) is 6.49. The maximum Gasteiger partial charge on any atom is 0.310 e. The minimum Gasteiger partial charge on any atom is -0.455 e. The number of fused-ring (bicyclic) bond motifs is 2. The van der Waals surface area contributed by atoms with Crippen molar-refractivity contribution >= 4 is 50.9 Å². The van der Waals surface area contributed by atoms with Crippen LogP contribution in [0.5, 0.6) is 0 Å². The summed E-state index contributed by atoms with van der Waals surface area (Å²) in [5, 5.41) is 3.20. The van der Waals surface area contributed by atoms with E-state index < -0.39 is 24.4 Å². The number of halogens is 2. The second kappa shape index (κ2) is 9.13. The molecule has 4 rings (SSSR count). The van der Waals surface area contributed by atoms with Gasteiger partial charge in [-0.25, -0.2) is 0 Å². The number of ketones is 1. The van der Waals surface area contributed by atoms with Gasteiger partial charge in [0.25, 0.3) is 5.91 Å². The van der Waals surface area contributed by atoms with Crippen LogP contribution in [-0.2, 0) is 14.3 Å². The number of hydrogen-bond donors (Lipinski definition) is 1. The normalized spacial score (nSPS) is 24.1. The fraction of sp³-hybridized carbons (Fsp3) is 0.375. The lowest BCUT2D eigenvalue weighted by molar-refractivity contribution is -0.154. The molecule has 2 saturated carbocycles. The molecule has 0 unspecified atom stereocenters. The summed E-state index contributed by atoms with van der Waals surface area (Å²) in [7, 11) is 0. The van der Waals surface area contributed by atoms with Crippen LogP contribution in [-0.4, -0.2) is 24.3 Å². The van der Waals surface area contributed by atoms with Crippen molar-refractivity contribution in [3.05, 3.63) is 63.1 Å². The highest BCUT2D eigenvalue weighted by Crippen LogP contribution is 2.53. The summed E-state index contributed by atoms with van der Waals surface area (Å²) in [4.78, 5) is 38.4. The molecule has 2 aliphatic carbocycles. The van der Waals surface area contributed by atoms with Crippen molar-refractivity contribution in [3.63, 3.8) is 0 Å². The predicted octanol–water partition coefficient (Wildman–Crippen LogP) is 5.44. The van der Waals surface area contributed by atoms with Crippen LogP contribution in [0.25, 0.3) is 0 Å². The smallest absolute Gasteiger partial charge is 0.310 e. The zero-order valence-electron chi connectivity index (χ0n) is 17.1. The van der Waals surface area contributed by atoms with Gasteiger partial charge in [0.1, 0.15) is 0 Å². The lowest BCUT2D eigenvalue weighted by Crippen LogP contribution is -2.37. The van der Waals surface area contributed by atoms with Crippen molar-refractivity contribution in [1.82, 2.24) is 0 Å². The van der Waals surface area contributed by atoms with E-state index >= 15 is 0 Å². The number of Topliss-reactive ketones (excluding diaryl/α,β-unsaturated/α-hetero) is 1. The van der Waals surface area contributed by atoms with Gasteiger partial charge in [-0.2, -0.15) is 0 Å². The Morgan fingerprint density at radius 2 is 1.77 bits per heavy atom. The Labute approximate surface area is 194 Å². The van der Waals surface area contributed by atoms with Crippen LogP contribution in [0.4, 0.5) is 5.69 Å². The van der Waals surface area contributed by atoms with Crippen LogP contribution in [0.1, 0.15) is 35.2 Å². The molecule has 0 radical (unpaired) electrons. The third-order valence-corrected chi connectivity index (χ3v) is 7.63. The second-order valence-corrected chi connectivity index (χ2v) is 9.61. The average molecular weight is 505 g/mol.